The lowest BCUT2D eigenvalue weighted by Gasteiger charge is -2.35. The van der Waals surface area contributed by atoms with Crippen molar-refractivity contribution in [3.05, 3.63) is 24.3 Å². The fraction of sp³-hybridized carbons (Fsp3) is 0.562. The maximum Gasteiger partial charge on any atom is 0.234 e. The van der Waals surface area contributed by atoms with Gasteiger partial charge in [0.05, 0.1) is 12.5 Å². The molecule has 0 radical (unpaired) electrons. The summed E-state index contributed by atoms with van der Waals surface area (Å²) in [6.07, 6.45) is 0.901. The van der Waals surface area contributed by atoms with Gasteiger partial charge in [-0.05, 0) is 31.0 Å². The summed E-state index contributed by atoms with van der Waals surface area (Å²) < 4.78 is 5.23. The van der Waals surface area contributed by atoms with Crippen molar-refractivity contribution < 1.29 is 9.53 Å². The van der Waals surface area contributed by atoms with Crippen molar-refractivity contribution in [2.45, 2.75) is 20.3 Å². The third kappa shape index (κ3) is 2.52. The lowest BCUT2D eigenvalue weighted by Crippen LogP contribution is -2.47. The van der Waals surface area contributed by atoms with Crippen molar-refractivity contribution in [2.24, 2.45) is 11.3 Å². The van der Waals surface area contributed by atoms with Crippen LogP contribution in [0.2, 0.25) is 0 Å². The van der Waals surface area contributed by atoms with E-state index >= 15 is 0 Å². The number of hydrogen-bond donors (Lipinski definition) is 1. The van der Waals surface area contributed by atoms with Gasteiger partial charge in [-0.25, -0.2) is 0 Å². The second kappa shape index (κ2) is 5.83. The molecular weight excluding hydrogens is 252 g/mol. The van der Waals surface area contributed by atoms with Crippen molar-refractivity contribution >= 4 is 11.6 Å². The van der Waals surface area contributed by atoms with Crippen LogP contribution in [0.1, 0.15) is 20.3 Å². The van der Waals surface area contributed by atoms with Gasteiger partial charge in [0.1, 0.15) is 5.75 Å². The Labute approximate surface area is 121 Å². The van der Waals surface area contributed by atoms with Gasteiger partial charge in [-0.2, -0.15) is 0 Å². The molecule has 1 aromatic carbocycles. The van der Waals surface area contributed by atoms with E-state index < -0.39 is 0 Å². The lowest BCUT2D eigenvalue weighted by atomic mass is 9.75. The second-order valence-corrected chi connectivity index (χ2v) is 5.80. The first-order valence-electron chi connectivity index (χ1n) is 7.14. The monoisotopic (exact) mass is 276 g/mol. The van der Waals surface area contributed by atoms with Crippen LogP contribution in [0.4, 0.5) is 5.69 Å². The number of nitrogens with one attached hydrogen (secondary N) is 1. The number of ether oxygens (including phenoxy) is 1. The van der Waals surface area contributed by atoms with E-state index in [1.165, 1.54) is 0 Å². The zero-order valence-electron chi connectivity index (χ0n) is 12.8. The highest BCUT2D eigenvalue weighted by Gasteiger charge is 2.45. The summed E-state index contributed by atoms with van der Waals surface area (Å²) in [6, 6.07) is 7.63. The Morgan fingerprint density at radius 1 is 1.45 bits per heavy atom. The van der Waals surface area contributed by atoms with Gasteiger partial charge in [-0.15, -0.1) is 0 Å². The van der Waals surface area contributed by atoms with Crippen LogP contribution in [0.25, 0.3) is 0 Å². The predicted octanol–water partition coefficient (Wildman–Crippen LogP) is 2.29. The number of amides is 1. The molecule has 1 aliphatic heterocycles. The zero-order chi connectivity index (χ0) is 14.8. The van der Waals surface area contributed by atoms with E-state index in [9.17, 15) is 4.79 Å². The second-order valence-electron chi connectivity index (χ2n) is 5.80. The Kier molecular flexibility index (Phi) is 4.33. The molecule has 0 spiro atoms. The molecule has 0 aliphatic carbocycles. The Bertz CT molecular complexity index is 479. The summed E-state index contributed by atoms with van der Waals surface area (Å²) in [5.41, 5.74) is 0.582. The highest BCUT2D eigenvalue weighted by molar-refractivity contribution is 5.97. The zero-order valence-corrected chi connectivity index (χ0v) is 12.8. The molecule has 1 aromatic rings. The predicted molar refractivity (Wildman–Crippen MR) is 81.2 cm³/mol. The maximum absolute atomic E-state index is 13.0. The molecule has 0 aromatic heterocycles. The molecule has 1 N–H and O–H groups in total. The third-order valence-electron chi connectivity index (χ3n) is 4.46. The average Bonchev–Trinajstić information content (AvgIpc) is 2.96. The van der Waals surface area contributed by atoms with E-state index in [4.69, 9.17) is 4.74 Å². The largest absolute Gasteiger partial charge is 0.497 e. The van der Waals surface area contributed by atoms with E-state index in [1.54, 1.807) is 12.0 Å². The number of hydrogen-bond acceptors (Lipinski definition) is 3. The molecule has 0 bridgehead atoms. The molecule has 2 rings (SSSR count). The van der Waals surface area contributed by atoms with Crippen LogP contribution in [-0.2, 0) is 4.79 Å². The summed E-state index contributed by atoms with van der Waals surface area (Å²) in [7, 11) is 3.48. The molecule has 20 heavy (non-hydrogen) atoms. The summed E-state index contributed by atoms with van der Waals surface area (Å²) in [4.78, 5) is 14.7. The van der Waals surface area contributed by atoms with Crippen LogP contribution in [-0.4, -0.2) is 33.2 Å². The Hall–Kier alpha value is -1.55. The minimum atomic E-state index is -0.294. The first-order chi connectivity index (χ1) is 9.51. The van der Waals surface area contributed by atoms with Gasteiger partial charge in [0, 0.05) is 25.3 Å². The molecule has 1 heterocycles. The van der Waals surface area contributed by atoms with Gasteiger partial charge in [0.15, 0.2) is 0 Å². The number of anilines is 1. The molecule has 1 unspecified atom stereocenters. The normalized spacial score (nSPS) is 22.1. The smallest absolute Gasteiger partial charge is 0.234 e. The van der Waals surface area contributed by atoms with Gasteiger partial charge >= 0.3 is 0 Å². The number of benzene rings is 1. The lowest BCUT2D eigenvalue weighted by molar-refractivity contribution is -0.129. The van der Waals surface area contributed by atoms with Gasteiger partial charge < -0.3 is 15.0 Å². The summed E-state index contributed by atoms with van der Waals surface area (Å²) in [6.45, 7) is 5.93. The summed E-state index contributed by atoms with van der Waals surface area (Å²) in [5.74, 6) is 1.27. The van der Waals surface area contributed by atoms with E-state index in [0.717, 1.165) is 30.9 Å². The molecule has 1 atom stereocenters. The standard InChI is InChI=1S/C16H24N2O2/c1-12(2)16(8-9-17-11-16)15(19)18(3)13-6-5-7-14(10-13)20-4/h5-7,10,12,17H,8-9,11H2,1-4H3. The van der Waals surface area contributed by atoms with Crippen LogP contribution < -0.4 is 15.0 Å². The quantitative estimate of drug-likeness (QED) is 0.917. The first kappa shape index (κ1) is 14.9. The molecule has 110 valence electrons. The molecule has 1 saturated heterocycles. The topological polar surface area (TPSA) is 41.6 Å². The number of nitrogens with zero attached hydrogens (tertiary/aromatic N) is 1. The summed E-state index contributed by atoms with van der Waals surface area (Å²) >= 11 is 0. The van der Waals surface area contributed by atoms with Crippen LogP contribution in [0.5, 0.6) is 5.75 Å². The number of carbonyl (C=O) groups excluding carboxylic acids is 1. The molecule has 1 fully saturated rings. The third-order valence-corrected chi connectivity index (χ3v) is 4.46. The van der Waals surface area contributed by atoms with E-state index in [2.05, 4.69) is 19.2 Å². The summed E-state index contributed by atoms with van der Waals surface area (Å²) in [5, 5.41) is 3.33. The van der Waals surface area contributed by atoms with Gasteiger partial charge in [-0.1, -0.05) is 19.9 Å². The van der Waals surface area contributed by atoms with Crippen LogP contribution in [0, 0.1) is 11.3 Å². The molecule has 1 amide bonds. The maximum atomic E-state index is 13.0. The molecule has 1 aliphatic rings. The molecule has 4 nitrogen and oxygen atoms in total. The number of rotatable bonds is 4. The highest BCUT2D eigenvalue weighted by atomic mass is 16.5. The van der Waals surface area contributed by atoms with Crippen molar-refractivity contribution in [3.8, 4) is 5.75 Å². The van der Waals surface area contributed by atoms with Crippen molar-refractivity contribution in [1.29, 1.82) is 0 Å². The van der Waals surface area contributed by atoms with Crippen LogP contribution >= 0.6 is 0 Å². The van der Waals surface area contributed by atoms with Crippen LogP contribution in [0.15, 0.2) is 24.3 Å². The van der Waals surface area contributed by atoms with Gasteiger partial charge in [0.25, 0.3) is 0 Å². The minimum Gasteiger partial charge on any atom is -0.497 e. The van der Waals surface area contributed by atoms with E-state index in [-0.39, 0.29) is 11.3 Å². The fourth-order valence-electron chi connectivity index (χ4n) is 2.90. The van der Waals surface area contributed by atoms with Gasteiger partial charge in [-0.3, -0.25) is 4.79 Å². The Morgan fingerprint density at radius 3 is 2.75 bits per heavy atom. The van der Waals surface area contributed by atoms with Crippen molar-refractivity contribution in [1.82, 2.24) is 5.32 Å². The molecular formula is C16H24N2O2. The van der Waals surface area contributed by atoms with Crippen molar-refractivity contribution in [2.75, 3.05) is 32.1 Å². The van der Waals surface area contributed by atoms with E-state index in [1.807, 2.05) is 31.3 Å². The van der Waals surface area contributed by atoms with Gasteiger partial charge in [0.2, 0.25) is 5.91 Å². The highest BCUT2D eigenvalue weighted by Crippen LogP contribution is 2.37. The average molecular weight is 276 g/mol. The Balaban J connectivity index is 2.27. The molecule has 4 heteroatoms. The first-order valence-corrected chi connectivity index (χ1v) is 7.14. The Morgan fingerprint density at radius 2 is 2.20 bits per heavy atom. The number of methoxy groups -OCH3 is 1. The van der Waals surface area contributed by atoms with Crippen LogP contribution in [0.3, 0.4) is 0 Å². The van der Waals surface area contributed by atoms with Crippen molar-refractivity contribution in [3.63, 3.8) is 0 Å². The SMILES string of the molecule is COc1cccc(N(C)C(=O)C2(C(C)C)CCNC2)c1. The van der Waals surface area contributed by atoms with E-state index in [0.29, 0.717) is 5.92 Å². The molecule has 0 saturated carbocycles. The minimum absolute atomic E-state index is 0.186. The fourth-order valence-corrected chi connectivity index (χ4v) is 2.90. The number of carbonyl (C=O) groups is 1.